The Kier molecular flexibility index (Phi) is 15.2. The minimum absolute atomic E-state index is 0.0537. The van der Waals surface area contributed by atoms with Gasteiger partial charge in [-0.15, -0.1) is 0 Å². The molecule has 4 heteroatoms. The Labute approximate surface area is 156 Å². The van der Waals surface area contributed by atoms with Crippen molar-refractivity contribution in [3.63, 3.8) is 0 Å². The van der Waals surface area contributed by atoms with E-state index in [1.165, 1.54) is 38.5 Å². The summed E-state index contributed by atoms with van der Waals surface area (Å²) in [4.78, 5) is 12.4. The molecule has 0 bridgehead atoms. The molecule has 0 amide bonds. The summed E-state index contributed by atoms with van der Waals surface area (Å²) in [5.74, 6) is -0.131. The Morgan fingerprint density at radius 1 is 0.800 bits per heavy atom. The van der Waals surface area contributed by atoms with E-state index in [9.17, 15) is 4.79 Å². The van der Waals surface area contributed by atoms with Crippen molar-refractivity contribution in [1.29, 1.82) is 0 Å². The third-order valence-corrected chi connectivity index (χ3v) is 4.08. The number of carbonyl (C=O) groups is 1. The van der Waals surface area contributed by atoms with E-state index in [1.54, 1.807) is 0 Å². The fraction of sp³-hybridized carbons (Fsp3) is 0.952. The van der Waals surface area contributed by atoms with Crippen LogP contribution in [0.1, 0.15) is 92.4 Å². The van der Waals surface area contributed by atoms with Gasteiger partial charge in [0.25, 0.3) is 0 Å². The lowest BCUT2D eigenvalue weighted by molar-refractivity contribution is -0.161. The van der Waals surface area contributed by atoms with Crippen molar-refractivity contribution in [2.45, 2.75) is 98.0 Å². The van der Waals surface area contributed by atoms with Crippen LogP contribution in [0, 0.1) is 5.92 Å². The van der Waals surface area contributed by atoms with E-state index in [2.05, 4.69) is 6.92 Å². The first kappa shape index (κ1) is 24.4. The number of rotatable bonds is 16. The quantitative estimate of drug-likeness (QED) is 0.269. The molecule has 0 saturated heterocycles. The third kappa shape index (κ3) is 16.6. The lowest BCUT2D eigenvalue weighted by atomic mass is 9.97. The molecule has 0 aliphatic rings. The van der Waals surface area contributed by atoms with Crippen LogP contribution in [-0.2, 0) is 19.0 Å². The van der Waals surface area contributed by atoms with Crippen LogP contribution in [0.3, 0.4) is 0 Å². The van der Waals surface area contributed by atoms with Crippen molar-refractivity contribution >= 4 is 5.97 Å². The summed E-state index contributed by atoms with van der Waals surface area (Å²) < 4.78 is 16.4. The van der Waals surface area contributed by atoms with Gasteiger partial charge >= 0.3 is 5.97 Å². The van der Waals surface area contributed by atoms with Crippen LogP contribution >= 0.6 is 0 Å². The van der Waals surface area contributed by atoms with E-state index in [-0.39, 0.29) is 11.9 Å². The molecule has 0 aromatic carbocycles. The summed E-state index contributed by atoms with van der Waals surface area (Å²) in [6.45, 7) is 12.5. The van der Waals surface area contributed by atoms with Crippen LogP contribution in [0.25, 0.3) is 0 Å². The van der Waals surface area contributed by atoms with Crippen LogP contribution in [0.15, 0.2) is 0 Å². The molecule has 1 atom stereocenters. The van der Waals surface area contributed by atoms with E-state index in [0.717, 1.165) is 19.3 Å². The van der Waals surface area contributed by atoms with Crippen LogP contribution < -0.4 is 0 Å². The van der Waals surface area contributed by atoms with Crippen LogP contribution in [-0.4, -0.2) is 38.0 Å². The number of esters is 1. The maximum atomic E-state index is 12.4. The smallest absolute Gasteiger partial charge is 0.309 e. The van der Waals surface area contributed by atoms with Crippen LogP contribution in [0.2, 0.25) is 0 Å². The van der Waals surface area contributed by atoms with E-state index in [4.69, 9.17) is 14.2 Å². The summed E-state index contributed by atoms with van der Waals surface area (Å²) >= 11 is 0. The Bertz CT molecular complexity index is 310. The standard InChI is InChI=1S/C21H42O4/c1-6-8-9-10-11-12-13-14-19(20(22)25-21(3,4)5)15-16-24-18-17-23-7-2/h19H,6-18H2,1-5H3. The summed E-state index contributed by atoms with van der Waals surface area (Å²) in [6, 6.07) is 0. The molecular formula is C21H42O4. The normalized spacial score (nSPS) is 13.0. The first-order chi connectivity index (χ1) is 11.9. The van der Waals surface area contributed by atoms with Crippen LogP contribution in [0.5, 0.6) is 0 Å². The molecule has 0 aromatic heterocycles. The van der Waals surface area contributed by atoms with Crippen molar-refractivity contribution in [2.75, 3.05) is 26.4 Å². The maximum Gasteiger partial charge on any atom is 0.309 e. The molecule has 150 valence electrons. The lowest BCUT2D eigenvalue weighted by Gasteiger charge is -2.24. The molecule has 0 aliphatic heterocycles. The van der Waals surface area contributed by atoms with Gasteiger partial charge in [0.05, 0.1) is 19.1 Å². The van der Waals surface area contributed by atoms with Gasteiger partial charge in [0.15, 0.2) is 0 Å². The van der Waals surface area contributed by atoms with Gasteiger partial charge in [-0.3, -0.25) is 4.79 Å². The van der Waals surface area contributed by atoms with Gasteiger partial charge in [-0.25, -0.2) is 0 Å². The summed E-state index contributed by atoms with van der Waals surface area (Å²) in [5.41, 5.74) is -0.425. The van der Waals surface area contributed by atoms with Gasteiger partial charge < -0.3 is 14.2 Å². The summed E-state index contributed by atoms with van der Waals surface area (Å²) in [6.07, 6.45) is 10.5. The van der Waals surface area contributed by atoms with Gasteiger partial charge in [-0.1, -0.05) is 51.9 Å². The first-order valence-electron chi connectivity index (χ1n) is 10.3. The van der Waals surface area contributed by atoms with Gasteiger partial charge in [-0.05, 0) is 40.5 Å². The average molecular weight is 359 g/mol. The van der Waals surface area contributed by atoms with Gasteiger partial charge in [0.1, 0.15) is 5.60 Å². The summed E-state index contributed by atoms with van der Waals surface area (Å²) in [5, 5.41) is 0. The fourth-order valence-corrected chi connectivity index (χ4v) is 2.70. The molecule has 0 heterocycles. The second-order valence-electron chi connectivity index (χ2n) is 7.74. The van der Waals surface area contributed by atoms with E-state index in [1.807, 2.05) is 27.7 Å². The minimum Gasteiger partial charge on any atom is -0.460 e. The minimum atomic E-state index is -0.425. The molecule has 0 spiro atoms. The van der Waals surface area contributed by atoms with Gasteiger partial charge in [-0.2, -0.15) is 0 Å². The Hall–Kier alpha value is -0.610. The van der Waals surface area contributed by atoms with E-state index >= 15 is 0 Å². The highest BCUT2D eigenvalue weighted by molar-refractivity contribution is 5.72. The van der Waals surface area contributed by atoms with Crippen molar-refractivity contribution in [3.8, 4) is 0 Å². The molecule has 1 unspecified atom stereocenters. The zero-order valence-corrected chi connectivity index (χ0v) is 17.4. The molecule has 0 rings (SSSR count). The molecule has 4 nitrogen and oxygen atoms in total. The van der Waals surface area contributed by atoms with E-state index < -0.39 is 5.60 Å². The third-order valence-electron chi connectivity index (χ3n) is 4.08. The predicted molar refractivity (Wildman–Crippen MR) is 104 cm³/mol. The largest absolute Gasteiger partial charge is 0.460 e. The summed E-state index contributed by atoms with van der Waals surface area (Å²) in [7, 11) is 0. The highest BCUT2D eigenvalue weighted by Crippen LogP contribution is 2.20. The van der Waals surface area contributed by atoms with E-state index in [0.29, 0.717) is 26.4 Å². The zero-order valence-electron chi connectivity index (χ0n) is 17.4. The molecular weight excluding hydrogens is 316 g/mol. The lowest BCUT2D eigenvalue weighted by Crippen LogP contribution is -2.29. The highest BCUT2D eigenvalue weighted by atomic mass is 16.6. The Morgan fingerprint density at radius 3 is 2.00 bits per heavy atom. The molecule has 25 heavy (non-hydrogen) atoms. The first-order valence-corrected chi connectivity index (χ1v) is 10.3. The molecule has 0 saturated carbocycles. The maximum absolute atomic E-state index is 12.4. The van der Waals surface area contributed by atoms with Crippen LogP contribution in [0.4, 0.5) is 0 Å². The molecule has 0 aromatic rings. The second-order valence-corrected chi connectivity index (χ2v) is 7.74. The second kappa shape index (κ2) is 15.6. The highest BCUT2D eigenvalue weighted by Gasteiger charge is 2.24. The number of carbonyl (C=O) groups excluding carboxylic acids is 1. The Morgan fingerprint density at radius 2 is 1.40 bits per heavy atom. The molecule has 0 N–H and O–H groups in total. The average Bonchev–Trinajstić information content (AvgIpc) is 2.53. The van der Waals surface area contributed by atoms with Crippen molar-refractivity contribution in [3.05, 3.63) is 0 Å². The fourth-order valence-electron chi connectivity index (χ4n) is 2.70. The molecule has 0 radical (unpaired) electrons. The van der Waals surface area contributed by atoms with Gasteiger partial charge in [0, 0.05) is 13.2 Å². The van der Waals surface area contributed by atoms with Crippen molar-refractivity contribution < 1.29 is 19.0 Å². The Balaban J connectivity index is 4.09. The monoisotopic (exact) mass is 358 g/mol. The predicted octanol–water partition coefficient (Wildman–Crippen LogP) is 5.53. The number of hydrogen-bond acceptors (Lipinski definition) is 4. The topological polar surface area (TPSA) is 44.8 Å². The van der Waals surface area contributed by atoms with Gasteiger partial charge in [0.2, 0.25) is 0 Å². The van der Waals surface area contributed by atoms with Crippen molar-refractivity contribution in [1.82, 2.24) is 0 Å². The zero-order chi connectivity index (χ0) is 19.0. The molecule has 0 fully saturated rings. The van der Waals surface area contributed by atoms with Crippen molar-refractivity contribution in [2.24, 2.45) is 5.92 Å². The number of hydrogen-bond donors (Lipinski definition) is 0. The molecule has 0 aliphatic carbocycles. The SMILES string of the molecule is CCCCCCCCCC(CCOCCOCC)C(=O)OC(C)(C)C. The number of ether oxygens (including phenoxy) is 3. The number of unbranched alkanes of at least 4 members (excludes halogenated alkanes) is 6.